The number of ether oxygens (including phenoxy) is 2. The monoisotopic (exact) mass is 389 g/mol. The van der Waals surface area contributed by atoms with Gasteiger partial charge in [0.05, 0.1) is 12.7 Å². The van der Waals surface area contributed by atoms with Crippen molar-refractivity contribution in [3.8, 4) is 11.5 Å². The van der Waals surface area contributed by atoms with Crippen molar-refractivity contribution in [3.05, 3.63) is 70.0 Å². The molecule has 1 aliphatic heterocycles. The van der Waals surface area contributed by atoms with Gasteiger partial charge in [-0.2, -0.15) is 0 Å². The number of likely N-dealkylation sites (tertiary alicyclic amines) is 1. The number of methoxy groups -OCH3 is 1. The van der Waals surface area contributed by atoms with Crippen molar-refractivity contribution in [1.29, 1.82) is 0 Å². The van der Waals surface area contributed by atoms with Gasteiger partial charge in [0, 0.05) is 41.8 Å². The standard InChI is InChI=1S/C25H27NO3/c1-6-13-26-14-12-20(26)29-19-11-9-16(4)22-23(19)17(7-2)21-15(3)8-10-18(28-5)24(21)25(22)27/h8-11,20H,2,6,12-14H2,1,3-5H3. The summed E-state index contributed by atoms with van der Waals surface area (Å²) in [5, 5.41) is 0. The van der Waals surface area contributed by atoms with Crippen LogP contribution in [0.2, 0.25) is 0 Å². The van der Waals surface area contributed by atoms with E-state index in [2.05, 4.69) is 24.1 Å². The van der Waals surface area contributed by atoms with Gasteiger partial charge >= 0.3 is 0 Å². The maximum absolute atomic E-state index is 13.6. The fourth-order valence-corrected chi connectivity index (χ4v) is 4.40. The molecule has 1 heterocycles. The van der Waals surface area contributed by atoms with Crippen LogP contribution in [0.3, 0.4) is 0 Å². The predicted molar refractivity (Wildman–Crippen MR) is 115 cm³/mol. The van der Waals surface area contributed by atoms with Gasteiger partial charge in [0.1, 0.15) is 11.5 Å². The lowest BCUT2D eigenvalue weighted by molar-refractivity contribution is -0.0541. The quantitative estimate of drug-likeness (QED) is 0.582. The summed E-state index contributed by atoms with van der Waals surface area (Å²) in [6.45, 7) is 12.2. The zero-order chi connectivity index (χ0) is 20.7. The van der Waals surface area contributed by atoms with Gasteiger partial charge in [0.2, 0.25) is 0 Å². The molecule has 1 saturated heterocycles. The summed E-state index contributed by atoms with van der Waals surface area (Å²) in [6, 6.07) is 7.76. The first-order chi connectivity index (χ1) is 14.0. The Morgan fingerprint density at radius 1 is 1.07 bits per heavy atom. The lowest BCUT2D eigenvalue weighted by Crippen LogP contribution is -2.51. The number of hydrogen-bond acceptors (Lipinski definition) is 4. The minimum Gasteiger partial charge on any atom is -0.496 e. The van der Waals surface area contributed by atoms with Gasteiger partial charge in [0.15, 0.2) is 12.0 Å². The van der Waals surface area contributed by atoms with Crippen molar-refractivity contribution >= 4 is 11.4 Å². The Kier molecular flexibility index (Phi) is 5.08. The molecule has 4 heteroatoms. The van der Waals surface area contributed by atoms with E-state index in [1.807, 2.05) is 38.1 Å². The molecule has 2 aromatic carbocycles. The van der Waals surface area contributed by atoms with E-state index < -0.39 is 0 Å². The fourth-order valence-electron chi connectivity index (χ4n) is 4.40. The van der Waals surface area contributed by atoms with Gasteiger partial charge in [-0.3, -0.25) is 9.69 Å². The Labute approximate surface area is 172 Å². The van der Waals surface area contributed by atoms with Crippen LogP contribution in [0.25, 0.3) is 5.57 Å². The number of rotatable bonds is 5. The molecule has 150 valence electrons. The summed E-state index contributed by atoms with van der Waals surface area (Å²) in [5.74, 6) is 1.27. The summed E-state index contributed by atoms with van der Waals surface area (Å²) in [5.41, 5.74) is 8.72. The Bertz CT molecular complexity index is 1050. The normalized spacial score (nSPS) is 17.9. The minimum atomic E-state index is -0.0310. The van der Waals surface area contributed by atoms with E-state index >= 15 is 0 Å². The molecule has 2 aromatic rings. The van der Waals surface area contributed by atoms with E-state index in [0.717, 1.165) is 59.5 Å². The van der Waals surface area contributed by atoms with E-state index in [-0.39, 0.29) is 12.0 Å². The van der Waals surface area contributed by atoms with Crippen LogP contribution in [-0.4, -0.2) is 37.1 Å². The minimum absolute atomic E-state index is 0.0310. The maximum Gasteiger partial charge on any atom is 0.198 e. The zero-order valence-corrected chi connectivity index (χ0v) is 17.6. The average molecular weight is 389 g/mol. The highest BCUT2D eigenvalue weighted by Gasteiger charge is 2.36. The number of carbonyl (C=O) groups excluding carboxylic acids is 1. The lowest BCUT2D eigenvalue weighted by Gasteiger charge is -2.41. The zero-order valence-electron chi connectivity index (χ0n) is 17.6. The lowest BCUT2D eigenvalue weighted by atomic mass is 9.77. The van der Waals surface area contributed by atoms with Crippen molar-refractivity contribution in [3.63, 3.8) is 0 Å². The van der Waals surface area contributed by atoms with Crippen LogP contribution in [0, 0.1) is 13.8 Å². The van der Waals surface area contributed by atoms with Crippen molar-refractivity contribution < 1.29 is 14.3 Å². The molecule has 0 bridgehead atoms. The molecule has 0 N–H and O–H groups in total. The average Bonchev–Trinajstić information content (AvgIpc) is 2.71. The topological polar surface area (TPSA) is 38.8 Å². The molecular weight excluding hydrogens is 362 g/mol. The van der Waals surface area contributed by atoms with Crippen LogP contribution in [-0.2, 0) is 0 Å². The molecule has 1 fully saturated rings. The second-order valence-electron chi connectivity index (χ2n) is 7.74. The van der Waals surface area contributed by atoms with Gasteiger partial charge in [0.25, 0.3) is 0 Å². The van der Waals surface area contributed by atoms with Gasteiger partial charge in [-0.1, -0.05) is 25.6 Å². The predicted octanol–water partition coefficient (Wildman–Crippen LogP) is 4.89. The van der Waals surface area contributed by atoms with E-state index in [0.29, 0.717) is 16.9 Å². The van der Waals surface area contributed by atoms with Crippen LogP contribution in [0.15, 0.2) is 36.6 Å². The highest BCUT2D eigenvalue weighted by molar-refractivity contribution is 6.21. The maximum atomic E-state index is 13.6. The Morgan fingerprint density at radius 3 is 2.34 bits per heavy atom. The van der Waals surface area contributed by atoms with Crippen LogP contribution in [0.5, 0.6) is 11.5 Å². The smallest absolute Gasteiger partial charge is 0.198 e. The molecule has 0 amide bonds. The van der Waals surface area contributed by atoms with E-state index in [4.69, 9.17) is 9.47 Å². The number of hydrogen-bond donors (Lipinski definition) is 0. The Balaban J connectivity index is 1.89. The molecule has 0 aromatic heterocycles. The molecule has 1 aliphatic carbocycles. The van der Waals surface area contributed by atoms with E-state index in [1.165, 1.54) is 0 Å². The van der Waals surface area contributed by atoms with E-state index in [9.17, 15) is 4.79 Å². The van der Waals surface area contributed by atoms with Crippen molar-refractivity contribution in [2.24, 2.45) is 0 Å². The van der Waals surface area contributed by atoms with Crippen LogP contribution < -0.4 is 9.47 Å². The summed E-state index contributed by atoms with van der Waals surface area (Å²) >= 11 is 0. The van der Waals surface area contributed by atoms with Crippen LogP contribution in [0.4, 0.5) is 0 Å². The van der Waals surface area contributed by atoms with E-state index in [1.54, 1.807) is 7.11 Å². The van der Waals surface area contributed by atoms with Gasteiger partial charge in [-0.25, -0.2) is 0 Å². The first kappa shape index (κ1) is 19.5. The highest BCUT2D eigenvalue weighted by Crippen LogP contribution is 2.46. The van der Waals surface area contributed by atoms with Crippen molar-refractivity contribution in [2.45, 2.75) is 39.8 Å². The first-order valence-electron chi connectivity index (χ1n) is 10.2. The Morgan fingerprint density at radius 2 is 1.76 bits per heavy atom. The third-order valence-corrected chi connectivity index (χ3v) is 5.95. The molecule has 4 rings (SSSR count). The Hall–Kier alpha value is -2.81. The SMILES string of the molecule is C=C=C1c2c(C)ccc(OC)c2C(=O)c2c(C)ccc(OC3CCN3CCC)c21. The summed E-state index contributed by atoms with van der Waals surface area (Å²) in [7, 11) is 1.59. The highest BCUT2D eigenvalue weighted by atomic mass is 16.5. The molecule has 1 unspecified atom stereocenters. The number of nitrogens with zero attached hydrogens (tertiary/aromatic N) is 1. The number of aryl methyl sites for hydroxylation is 2. The first-order valence-corrected chi connectivity index (χ1v) is 10.2. The van der Waals surface area contributed by atoms with Crippen LogP contribution in [0.1, 0.15) is 57.9 Å². The largest absolute Gasteiger partial charge is 0.496 e. The number of benzene rings is 2. The third-order valence-electron chi connectivity index (χ3n) is 5.95. The molecule has 2 aliphatic rings. The molecule has 0 saturated carbocycles. The van der Waals surface area contributed by atoms with Gasteiger partial charge in [-0.05, 0) is 43.5 Å². The summed E-state index contributed by atoms with van der Waals surface area (Å²) < 4.78 is 11.9. The summed E-state index contributed by atoms with van der Waals surface area (Å²) in [4.78, 5) is 15.9. The fraction of sp³-hybridized carbons (Fsp3) is 0.360. The molecule has 0 radical (unpaired) electrons. The van der Waals surface area contributed by atoms with Crippen molar-refractivity contribution in [1.82, 2.24) is 4.90 Å². The molecular formula is C25H27NO3. The second-order valence-corrected chi connectivity index (χ2v) is 7.74. The van der Waals surface area contributed by atoms with Gasteiger partial charge < -0.3 is 9.47 Å². The van der Waals surface area contributed by atoms with Crippen molar-refractivity contribution in [2.75, 3.05) is 20.2 Å². The number of carbonyl (C=O) groups is 1. The van der Waals surface area contributed by atoms with Crippen LogP contribution >= 0.6 is 0 Å². The molecule has 29 heavy (non-hydrogen) atoms. The summed E-state index contributed by atoms with van der Waals surface area (Å²) in [6.07, 6.45) is 2.14. The molecule has 4 nitrogen and oxygen atoms in total. The molecule has 1 atom stereocenters. The third kappa shape index (κ3) is 3.00. The number of fused-ring (bicyclic) bond motifs is 2. The second kappa shape index (κ2) is 7.55. The van der Waals surface area contributed by atoms with Gasteiger partial charge in [-0.15, -0.1) is 5.73 Å². The molecule has 0 spiro atoms. The number of ketones is 1.